The molecule has 0 saturated heterocycles. The van der Waals surface area contributed by atoms with Gasteiger partial charge in [0, 0.05) is 16.8 Å². The lowest BCUT2D eigenvalue weighted by Crippen LogP contribution is -2.28. The van der Waals surface area contributed by atoms with Crippen LogP contribution in [0.15, 0.2) is 255 Å². The van der Waals surface area contributed by atoms with Crippen molar-refractivity contribution in [2.24, 2.45) is 0 Å². The summed E-state index contributed by atoms with van der Waals surface area (Å²) >= 11 is 0. The van der Waals surface area contributed by atoms with Crippen LogP contribution in [0.5, 0.6) is 0 Å². The molecule has 0 heterocycles. The minimum Gasteiger partial charge on any atom is -0.309 e. The van der Waals surface area contributed by atoms with E-state index in [1.165, 1.54) is 126 Å². The standard InChI is InChI=1S/C69H53N/c1-4-22-49(23-5-1)59-39-20-26-50-27-21-40-63(68(50)59)62-37-14-17-43-67(62)70(55-33-18-28-51(46-55)57-38-19-25-48-24-10-11-34-56(48)57)66-42-16-13-35-58(66)52-44-45-61-60-36-12-15-41-64(60)69(65(61)47-52,53-29-6-2-7-30-53)54-31-8-3-9-32-54/h2-3,6-21,24-47,49H,1,4-5,22-23H2. The van der Waals surface area contributed by atoms with Gasteiger partial charge in [0.1, 0.15) is 0 Å². The van der Waals surface area contributed by atoms with E-state index < -0.39 is 5.41 Å². The van der Waals surface area contributed by atoms with E-state index in [1.54, 1.807) is 0 Å². The van der Waals surface area contributed by atoms with Gasteiger partial charge >= 0.3 is 0 Å². The molecule has 1 nitrogen and oxygen atoms in total. The second kappa shape index (κ2) is 17.7. The van der Waals surface area contributed by atoms with Crippen LogP contribution in [0, 0.1) is 0 Å². The number of fused-ring (bicyclic) bond motifs is 5. The first kappa shape index (κ1) is 41.9. The molecule has 2 aliphatic rings. The van der Waals surface area contributed by atoms with E-state index in [0.29, 0.717) is 5.92 Å². The highest BCUT2D eigenvalue weighted by Gasteiger charge is 2.46. The Hall–Kier alpha value is -8.26. The van der Waals surface area contributed by atoms with Crippen LogP contribution in [0.4, 0.5) is 17.1 Å². The molecular formula is C69H53N. The SMILES string of the molecule is c1ccc(C2(c3ccccc3)c3ccccc3-c3ccc(-c4ccccc4N(c4cccc(-c5cccc6ccccc56)c4)c4ccccc4-c4cccc5cccc(C6CCCCC6)c45)cc32)cc1. The number of hydrogen-bond acceptors (Lipinski definition) is 1. The smallest absolute Gasteiger partial charge is 0.0713 e. The van der Waals surface area contributed by atoms with Gasteiger partial charge in [0.05, 0.1) is 16.8 Å². The molecule has 1 fully saturated rings. The predicted molar refractivity (Wildman–Crippen MR) is 296 cm³/mol. The maximum absolute atomic E-state index is 2.55. The molecule has 13 rings (SSSR count). The summed E-state index contributed by atoms with van der Waals surface area (Å²) in [5, 5.41) is 5.18. The second-order valence-corrected chi connectivity index (χ2v) is 19.3. The Morgan fingerprint density at radius 2 is 0.886 bits per heavy atom. The Balaban J connectivity index is 1.06. The van der Waals surface area contributed by atoms with Gasteiger partial charge in [0.2, 0.25) is 0 Å². The highest BCUT2D eigenvalue weighted by Crippen LogP contribution is 2.57. The molecule has 0 atom stereocenters. The average molecular weight is 896 g/mol. The van der Waals surface area contributed by atoms with E-state index in [-0.39, 0.29) is 0 Å². The van der Waals surface area contributed by atoms with Gasteiger partial charge in [-0.3, -0.25) is 0 Å². The Morgan fingerprint density at radius 3 is 1.66 bits per heavy atom. The molecule has 11 aromatic rings. The molecule has 0 unspecified atom stereocenters. The molecule has 1 saturated carbocycles. The topological polar surface area (TPSA) is 3.24 Å². The van der Waals surface area contributed by atoms with Crippen molar-refractivity contribution in [3.63, 3.8) is 0 Å². The van der Waals surface area contributed by atoms with Gasteiger partial charge in [-0.2, -0.15) is 0 Å². The number of rotatable bonds is 9. The minimum atomic E-state index is -0.511. The molecule has 1 heteroatoms. The summed E-state index contributed by atoms with van der Waals surface area (Å²) < 4.78 is 0. The van der Waals surface area contributed by atoms with Crippen molar-refractivity contribution in [3.8, 4) is 44.5 Å². The van der Waals surface area contributed by atoms with Crippen LogP contribution >= 0.6 is 0 Å². The van der Waals surface area contributed by atoms with Crippen LogP contribution in [0.3, 0.4) is 0 Å². The maximum atomic E-state index is 2.55. The van der Waals surface area contributed by atoms with Crippen molar-refractivity contribution in [2.75, 3.05) is 4.90 Å². The van der Waals surface area contributed by atoms with Crippen molar-refractivity contribution in [1.29, 1.82) is 0 Å². The van der Waals surface area contributed by atoms with Gasteiger partial charge < -0.3 is 4.90 Å². The maximum Gasteiger partial charge on any atom is 0.0713 e. The summed E-state index contributed by atoms with van der Waals surface area (Å²) in [4.78, 5) is 2.55. The van der Waals surface area contributed by atoms with Crippen molar-refractivity contribution >= 4 is 38.6 Å². The molecule has 334 valence electrons. The minimum absolute atomic E-state index is 0.511. The molecule has 0 aromatic heterocycles. The van der Waals surface area contributed by atoms with Crippen LogP contribution in [0.1, 0.15) is 65.8 Å². The zero-order valence-corrected chi connectivity index (χ0v) is 39.3. The molecule has 0 amide bonds. The first-order chi connectivity index (χ1) is 34.8. The Kier molecular flexibility index (Phi) is 10.6. The Labute approximate surface area is 412 Å². The third-order valence-electron chi connectivity index (χ3n) is 15.5. The molecule has 0 aliphatic heterocycles. The van der Waals surface area contributed by atoms with Crippen LogP contribution in [-0.4, -0.2) is 0 Å². The van der Waals surface area contributed by atoms with Crippen molar-refractivity contribution in [3.05, 3.63) is 283 Å². The van der Waals surface area contributed by atoms with Crippen LogP contribution in [0.25, 0.3) is 66.1 Å². The summed E-state index contributed by atoms with van der Waals surface area (Å²) in [6.45, 7) is 0. The van der Waals surface area contributed by atoms with Gasteiger partial charge in [0.25, 0.3) is 0 Å². The molecule has 70 heavy (non-hydrogen) atoms. The lowest BCUT2D eigenvalue weighted by atomic mass is 9.67. The van der Waals surface area contributed by atoms with Gasteiger partial charge in [-0.15, -0.1) is 0 Å². The fourth-order valence-corrected chi connectivity index (χ4v) is 12.5. The Morgan fingerprint density at radius 1 is 0.343 bits per heavy atom. The van der Waals surface area contributed by atoms with E-state index in [0.717, 1.165) is 17.1 Å². The highest BCUT2D eigenvalue weighted by molar-refractivity contribution is 6.05. The molecular weight excluding hydrogens is 843 g/mol. The molecule has 2 aliphatic carbocycles. The first-order valence-corrected chi connectivity index (χ1v) is 25.2. The fourth-order valence-electron chi connectivity index (χ4n) is 12.5. The van der Waals surface area contributed by atoms with E-state index >= 15 is 0 Å². The molecule has 11 aromatic carbocycles. The van der Waals surface area contributed by atoms with Gasteiger partial charge in [0.15, 0.2) is 0 Å². The molecule has 0 N–H and O–H groups in total. The summed E-state index contributed by atoms with van der Waals surface area (Å²) in [5.74, 6) is 0.560. The molecule has 0 spiro atoms. The zero-order chi connectivity index (χ0) is 46.4. The molecule has 0 radical (unpaired) electrons. The number of hydrogen-bond donors (Lipinski definition) is 0. The van der Waals surface area contributed by atoms with Gasteiger partial charge in [-0.1, -0.05) is 244 Å². The van der Waals surface area contributed by atoms with E-state index in [4.69, 9.17) is 0 Å². The van der Waals surface area contributed by atoms with Crippen molar-refractivity contribution in [2.45, 2.75) is 43.4 Å². The summed E-state index contributed by atoms with van der Waals surface area (Å²) in [6.07, 6.45) is 6.42. The third kappa shape index (κ3) is 6.91. The van der Waals surface area contributed by atoms with Gasteiger partial charge in [-0.25, -0.2) is 0 Å². The summed E-state index contributed by atoms with van der Waals surface area (Å²) in [5.41, 5.74) is 19.3. The summed E-state index contributed by atoms with van der Waals surface area (Å²) in [6, 6.07) is 95.4. The monoisotopic (exact) mass is 895 g/mol. The van der Waals surface area contributed by atoms with Crippen molar-refractivity contribution < 1.29 is 0 Å². The van der Waals surface area contributed by atoms with Crippen LogP contribution in [-0.2, 0) is 5.41 Å². The van der Waals surface area contributed by atoms with E-state index in [1.807, 2.05) is 0 Å². The average Bonchev–Trinajstić information content (AvgIpc) is 3.74. The predicted octanol–water partition coefficient (Wildman–Crippen LogP) is 18.9. The zero-order valence-electron chi connectivity index (χ0n) is 39.3. The van der Waals surface area contributed by atoms with Crippen molar-refractivity contribution in [1.82, 2.24) is 0 Å². The number of anilines is 3. The second-order valence-electron chi connectivity index (χ2n) is 19.3. The first-order valence-electron chi connectivity index (χ1n) is 25.2. The number of benzene rings is 11. The van der Waals surface area contributed by atoms with Gasteiger partial charge in [-0.05, 0) is 132 Å². The Bertz CT molecular complexity index is 3660. The van der Waals surface area contributed by atoms with E-state index in [2.05, 4.69) is 260 Å². The number of nitrogens with zero attached hydrogens (tertiary/aromatic N) is 1. The van der Waals surface area contributed by atoms with Crippen LogP contribution < -0.4 is 4.90 Å². The fraction of sp³-hybridized carbons (Fsp3) is 0.101. The largest absolute Gasteiger partial charge is 0.309 e. The quantitative estimate of drug-likeness (QED) is 0.140. The summed E-state index contributed by atoms with van der Waals surface area (Å²) in [7, 11) is 0. The number of para-hydroxylation sites is 2. The normalized spacial score (nSPS) is 14.1. The molecule has 0 bridgehead atoms. The lowest BCUT2D eigenvalue weighted by Gasteiger charge is -2.34. The van der Waals surface area contributed by atoms with Crippen LogP contribution in [0.2, 0.25) is 0 Å². The highest BCUT2D eigenvalue weighted by atomic mass is 15.1. The third-order valence-corrected chi connectivity index (χ3v) is 15.5. The van der Waals surface area contributed by atoms with E-state index in [9.17, 15) is 0 Å². The lowest BCUT2D eigenvalue weighted by molar-refractivity contribution is 0.445.